The first-order chi connectivity index (χ1) is 10.6. The number of hydrogen-bond donors (Lipinski definition) is 1. The van der Waals surface area contributed by atoms with Gasteiger partial charge in [-0.25, -0.2) is 4.98 Å². The number of aromatic nitrogens is 1. The van der Waals surface area contributed by atoms with Gasteiger partial charge in [-0.05, 0) is 44.1 Å². The molecule has 2 fully saturated rings. The molecular weight excluding hydrogens is 321 g/mol. The molecule has 0 bridgehead atoms. The number of nitrogens with zero attached hydrogens (tertiary/aromatic N) is 2. The zero-order chi connectivity index (χ0) is 15.5. The number of pyridine rings is 1. The zero-order valence-electron chi connectivity index (χ0n) is 12.5. The second kappa shape index (κ2) is 7.05. The van der Waals surface area contributed by atoms with Crippen LogP contribution >= 0.6 is 23.2 Å². The molecule has 0 unspecified atom stereocenters. The van der Waals surface area contributed by atoms with E-state index in [2.05, 4.69) is 15.2 Å². The molecule has 1 saturated carbocycles. The largest absolute Gasteiger partial charge is 0.355 e. The minimum Gasteiger partial charge on any atom is -0.355 e. The van der Waals surface area contributed by atoms with Crippen molar-refractivity contribution >= 4 is 34.9 Å². The van der Waals surface area contributed by atoms with E-state index in [0.29, 0.717) is 28.4 Å². The Morgan fingerprint density at radius 3 is 2.59 bits per heavy atom. The first-order valence-corrected chi connectivity index (χ1v) is 8.73. The highest BCUT2D eigenvalue weighted by molar-refractivity contribution is 6.36. The molecule has 1 saturated heterocycles. The van der Waals surface area contributed by atoms with Crippen LogP contribution < -0.4 is 10.2 Å². The van der Waals surface area contributed by atoms with Gasteiger partial charge in [-0.3, -0.25) is 4.79 Å². The van der Waals surface area contributed by atoms with Crippen LogP contribution in [0.25, 0.3) is 0 Å². The van der Waals surface area contributed by atoms with Crippen LogP contribution in [0.5, 0.6) is 0 Å². The van der Waals surface area contributed by atoms with E-state index < -0.39 is 0 Å². The maximum atomic E-state index is 12.0. The normalized spacial score (nSPS) is 19.8. The van der Waals surface area contributed by atoms with Gasteiger partial charge < -0.3 is 10.2 Å². The van der Waals surface area contributed by atoms with Crippen molar-refractivity contribution in [2.24, 2.45) is 5.92 Å². The average Bonchev–Trinajstić information content (AvgIpc) is 2.44. The Morgan fingerprint density at radius 1 is 1.27 bits per heavy atom. The van der Waals surface area contributed by atoms with Crippen molar-refractivity contribution < 1.29 is 4.79 Å². The molecule has 3 rings (SSSR count). The molecule has 0 radical (unpaired) electrons. The number of carbonyl (C=O) groups excluding carboxylic acids is 1. The van der Waals surface area contributed by atoms with Gasteiger partial charge in [0.15, 0.2) is 0 Å². The van der Waals surface area contributed by atoms with Crippen LogP contribution in [-0.4, -0.2) is 30.0 Å². The number of nitrogens with one attached hydrogen (secondary N) is 1. The summed E-state index contributed by atoms with van der Waals surface area (Å²) >= 11 is 12.1. The lowest BCUT2D eigenvalue weighted by Gasteiger charge is -2.33. The first kappa shape index (κ1) is 15.9. The molecule has 0 aromatic carbocycles. The number of carbonyl (C=O) groups is 1. The minimum atomic E-state index is 0.214. The molecule has 1 aromatic heterocycles. The lowest BCUT2D eigenvalue weighted by Crippen LogP contribution is -2.41. The van der Waals surface area contributed by atoms with Gasteiger partial charge in [0.05, 0.1) is 10.0 Å². The lowest BCUT2D eigenvalue weighted by molar-refractivity contribution is -0.123. The van der Waals surface area contributed by atoms with Gasteiger partial charge in [-0.2, -0.15) is 0 Å². The van der Waals surface area contributed by atoms with Gasteiger partial charge in [0.1, 0.15) is 5.82 Å². The highest BCUT2D eigenvalue weighted by Crippen LogP contribution is 2.30. The summed E-state index contributed by atoms with van der Waals surface area (Å²) in [5.74, 6) is 1.47. The molecule has 1 aromatic rings. The summed E-state index contributed by atoms with van der Waals surface area (Å²) in [5.41, 5.74) is 0. The summed E-state index contributed by atoms with van der Waals surface area (Å²) in [4.78, 5) is 18.5. The van der Waals surface area contributed by atoms with Crippen molar-refractivity contribution in [3.8, 4) is 0 Å². The summed E-state index contributed by atoms with van der Waals surface area (Å²) in [6.07, 6.45) is 7.80. The number of hydrogen-bond acceptors (Lipinski definition) is 3. The summed E-state index contributed by atoms with van der Waals surface area (Å²) in [5, 5.41) is 4.26. The fourth-order valence-corrected chi connectivity index (χ4v) is 3.59. The van der Waals surface area contributed by atoms with E-state index in [1.54, 1.807) is 12.3 Å². The third-order valence-corrected chi connectivity index (χ3v) is 5.13. The maximum Gasteiger partial charge on any atom is 0.220 e. The second-order valence-corrected chi connectivity index (χ2v) is 7.13. The summed E-state index contributed by atoms with van der Waals surface area (Å²) in [7, 11) is 0. The minimum absolute atomic E-state index is 0.214. The topological polar surface area (TPSA) is 45.2 Å². The van der Waals surface area contributed by atoms with Crippen molar-refractivity contribution in [1.82, 2.24) is 10.3 Å². The van der Waals surface area contributed by atoms with E-state index in [1.165, 1.54) is 6.42 Å². The Labute approximate surface area is 141 Å². The molecule has 1 aliphatic heterocycles. The molecule has 0 spiro atoms. The van der Waals surface area contributed by atoms with Crippen LogP contribution in [0, 0.1) is 5.92 Å². The Hall–Kier alpha value is -1.00. The monoisotopic (exact) mass is 341 g/mol. The van der Waals surface area contributed by atoms with E-state index >= 15 is 0 Å². The molecule has 1 amide bonds. The molecule has 2 aliphatic rings. The average molecular weight is 342 g/mol. The van der Waals surface area contributed by atoms with Crippen molar-refractivity contribution in [1.29, 1.82) is 0 Å². The molecule has 2 heterocycles. The van der Waals surface area contributed by atoms with Gasteiger partial charge in [-0.15, -0.1) is 0 Å². The van der Waals surface area contributed by atoms with E-state index in [9.17, 15) is 4.79 Å². The Bertz CT molecular complexity index is 540. The quantitative estimate of drug-likeness (QED) is 0.908. The Balaban J connectivity index is 1.48. The molecular formula is C16H21Cl2N3O. The van der Waals surface area contributed by atoms with Crippen LogP contribution in [0.2, 0.25) is 10.0 Å². The molecule has 1 aliphatic carbocycles. The summed E-state index contributed by atoms with van der Waals surface area (Å²) < 4.78 is 0. The molecule has 0 atom stereocenters. The second-order valence-electron chi connectivity index (χ2n) is 6.29. The number of amides is 1. The van der Waals surface area contributed by atoms with E-state index in [1.807, 2.05) is 0 Å². The lowest BCUT2D eigenvalue weighted by atomic mass is 9.90. The first-order valence-electron chi connectivity index (χ1n) is 7.97. The van der Waals surface area contributed by atoms with Crippen LogP contribution in [0.3, 0.4) is 0 Å². The predicted molar refractivity (Wildman–Crippen MR) is 89.6 cm³/mol. The Kier molecular flexibility index (Phi) is 5.09. The number of rotatable bonds is 4. The fraction of sp³-hybridized carbons (Fsp3) is 0.625. The van der Waals surface area contributed by atoms with Gasteiger partial charge in [0.25, 0.3) is 0 Å². The van der Waals surface area contributed by atoms with E-state index in [4.69, 9.17) is 23.2 Å². The van der Waals surface area contributed by atoms with Gasteiger partial charge in [0.2, 0.25) is 5.91 Å². The number of anilines is 1. The molecule has 1 N–H and O–H groups in total. The predicted octanol–water partition coefficient (Wildman–Crippen LogP) is 3.66. The number of piperidine rings is 1. The van der Waals surface area contributed by atoms with Crippen molar-refractivity contribution in [2.75, 3.05) is 18.0 Å². The summed E-state index contributed by atoms with van der Waals surface area (Å²) in [6, 6.07) is 2.16. The van der Waals surface area contributed by atoms with Crippen molar-refractivity contribution in [3.63, 3.8) is 0 Å². The van der Waals surface area contributed by atoms with E-state index in [-0.39, 0.29) is 5.91 Å². The number of halogens is 2. The van der Waals surface area contributed by atoms with Crippen LogP contribution in [0.15, 0.2) is 12.3 Å². The third kappa shape index (κ3) is 3.85. The van der Waals surface area contributed by atoms with Crippen molar-refractivity contribution in [2.45, 2.75) is 44.6 Å². The molecule has 22 heavy (non-hydrogen) atoms. The van der Waals surface area contributed by atoms with Crippen molar-refractivity contribution in [3.05, 3.63) is 22.3 Å². The smallest absolute Gasteiger partial charge is 0.220 e. The SMILES string of the molecule is O=C(CC1CCN(c2ncc(Cl)cc2Cl)CC1)NC1CCC1. The van der Waals surface area contributed by atoms with Crippen LogP contribution in [0.4, 0.5) is 5.82 Å². The molecule has 6 heteroatoms. The van der Waals surface area contributed by atoms with Crippen LogP contribution in [0.1, 0.15) is 38.5 Å². The van der Waals surface area contributed by atoms with E-state index in [0.717, 1.165) is 44.6 Å². The van der Waals surface area contributed by atoms with Gasteiger partial charge in [0, 0.05) is 31.7 Å². The zero-order valence-corrected chi connectivity index (χ0v) is 14.0. The third-order valence-electron chi connectivity index (χ3n) is 4.65. The van der Waals surface area contributed by atoms with Crippen LogP contribution in [-0.2, 0) is 4.79 Å². The molecule has 120 valence electrons. The van der Waals surface area contributed by atoms with Gasteiger partial charge in [-0.1, -0.05) is 23.2 Å². The Morgan fingerprint density at radius 2 is 2.00 bits per heavy atom. The summed E-state index contributed by atoms with van der Waals surface area (Å²) in [6.45, 7) is 1.77. The maximum absolute atomic E-state index is 12.0. The fourth-order valence-electron chi connectivity index (χ4n) is 3.09. The highest BCUT2D eigenvalue weighted by Gasteiger charge is 2.25. The standard InChI is InChI=1S/C16H21Cl2N3O/c17-12-9-14(18)16(19-10-12)21-6-4-11(5-7-21)8-15(22)20-13-2-1-3-13/h9-11,13H,1-8H2,(H,20,22). The van der Waals surface area contributed by atoms with Gasteiger partial charge >= 0.3 is 0 Å². The highest BCUT2D eigenvalue weighted by atomic mass is 35.5. The molecule has 4 nitrogen and oxygen atoms in total.